The highest BCUT2D eigenvalue weighted by Gasteiger charge is 2.53. The van der Waals surface area contributed by atoms with Gasteiger partial charge in [-0.05, 0) is 24.0 Å². The zero-order valence-corrected chi connectivity index (χ0v) is 9.04. The first kappa shape index (κ1) is 10.7. The Balaban J connectivity index is 1.72. The molecular formula is C12H12F2N2O. The molecule has 2 fully saturated rings. The van der Waals surface area contributed by atoms with Crippen LogP contribution in [0.15, 0.2) is 18.2 Å². The average molecular weight is 238 g/mol. The summed E-state index contributed by atoms with van der Waals surface area (Å²) in [5.41, 5.74) is -0.220. The second-order valence-electron chi connectivity index (χ2n) is 4.59. The molecule has 0 bridgehead atoms. The maximum Gasteiger partial charge on any atom is 0.254 e. The van der Waals surface area contributed by atoms with Crippen LogP contribution in [0.4, 0.5) is 8.78 Å². The highest BCUT2D eigenvalue weighted by molar-refractivity contribution is 5.95. The van der Waals surface area contributed by atoms with Crippen LogP contribution in [0.3, 0.4) is 0 Å². The number of amides is 1. The molecule has 0 radical (unpaired) electrons. The molecule has 1 heterocycles. The smallest absolute Gasteiger partial charge is 0.254 e. The van der Waals surface area contributed by atoms with Crippen LogP contribution >= 0.6 is 0 Å². The maximum absolute atomic E-state index is 13.4. The van der Waals surface area contributed by atoms with Crippen LogP contribution < -0.4 is 10.6 Å². The molecule has 1 aromatic rings. The van der Waals surface area contributed by atoms with Crippen LogP contribution in [0.2, 0.25) is 0 Å². The average Bonchev–Trinajstić information content (AvgIpc) is 2.76. The Morgan fingerprint density at radius 1 is 1.29 bits per heavy atom. The SMILES string of the molecule is O=C(NC1C2CNCC21)c1cccc(F)c1F. The van der Waals surface area contributed by atoms with Gasteiger partial charge in [0.15, 0.2) is 11.6 Å². The number of fused-ring (bicyclic) bond motifs is 1. The van der Waals surface area contributed by atoms with Gasteiger partial charge in [-0.25, -0.2) is 8.78 Å². The molecule has 1 aliphatic heterocycles. The van der Waals surface area contributed by atoms with Crippen molar-refractivity contribution in [2.24, 2.45) is 11.8 Å². The van der Waals surface area contributed by atoms with Crippen LogP contribution in [0.1, 0.15) is 10.4 Å². The van der Waals surface area contributed by atoms with Gasteiger partial charge in [-0.3, -0.25) is 4.79 Å². The Kier molecular flexibility index (Phi) is 2.36. The molecule has 17 heavy (non-hydrogen) atoms. The fraction of sp³-hybridized carbons (Fsp3) is 0.417. The van der Waals surface area contributed by atoms with Gasteiger partial charge in [0, 0.05) is 19.1 Å². The van der Waals surface area contributed by atoms with Gasteiger partial charge in [-0.15, -0.1) is 0 Å². The summed E-state index contributed by atoms with van der Waals surface area (Å²) < 4.78 is 26.3. The number of carbonyl (C=O) groups is 1. The molecule has 2 aliphatic rings. The lowest BCUT2D eigenvalue weighted by molar-refractivity contribution is 0.0941. The van der Waals surface area contributed by atoms with Gasteiger partial charge in [0.1, 0.15) is 0 Å². The lowest BCUT2D eigenvalue weighted by Gasteiger charge is -2.08. The highest BCUT2D eigenvalue weighted by Crippen LogP contribution is 2.41. The number of halogens is 2. The number of benzene rings is 1. The van der Waals surface area contributed by atoms with E-state index in [2.05, 4.69) is 10.6 Å². The van der Waals surface area contributed by atoms with E-state index in [4.69, 9.17) is 0 Å². The summed E-state index contributed by atoms with van der Waals surface area (Å²) in [7, 11) is 0. The molecule has 1 saturated carbocycles. The molecule has 90 valence electrons. The zero-order valence-electron chi connectivity index (χ0n) is 9.04. The molecule has 1 amide bonds. The summed E-state index contributed by atoms with van der Waals surface area (Å²) in [4.78, 5) is 11.8. The van der Waals surface area contributed by atoms with Gasteiger partial charge in [0.2, 0.25) is 0 Å². The van der Waals surface area contributed by atoms with Crippen molar-refractivity contribution in [3.8, 4) is 0 Å². The molecule has 2 atom stereocenters. The summed E-state index contributed by atoms with van der Waals surface area (Å²) in [6.45, 7) is 1.78. The number of piperidine rings is 1. The molecule has 2 unspecified atom stereocenters. The van der Waals surface area contributed by atoms with Gasteiger partial charge in [0.05, 0.1) is 5.56 Å². The van der Waals surface area contributed by atoms with Gasteiger partial charge >= 0.3 is 0 Å². The predicted molar refractivity (Wildman–Crippen MR) is 57.5 cm³/mol. The van der Waals surface area contributed by atoms with Crippen molar-refractivity contribution in [2.45, 2.75) is 6.04 Å². The number of hydrogen-bond acceptors (Lipinski definition) is 2. The van der Waals surface area contributed by atoms with Crippen molar-refractivity contribution >= 4 is 5.91 Å². The van der Waals surface area contributed by atoms with Crippen LogP contribution in [0.5, 0.6) is 0 Å². The van der Waals surface area contributed by atoms with Crippen molar-refractivity contribution < 1.29 is 13.6 Å². The fourth-order valence-electron chi connectivity index (χ4n) is 2.54. The largest absolute Gasteiger partial charge is 0.349 e. The second-order valence-corrected chi connectivity index (χ2v) is 4.59. The summed E-state index contributed by atoms with van der Waals surface area (Å²) in [6, 6.07) is 3.75. The quantitative estimate of drug-likeness (QED) is 0.804. The Hall–Kier alpha value is -1.49. The molecular weight excluding hydrogens is 226 g/mol. The number of hydrogen-bond donors (Lipinski definition) is 2. The van der Waals surface area contributed by atoms with Crippen molar-refractivity contribution in [1.29, 1.82) is 0 Å². The fourth-order valence-corrected chi connectivity index (χ4v) is 2.54. The van der Waals surface area contributed by atoms with Crippen LogP contribution in [-0.2, 0) is 0 Å². The third kappa shape index (κ3) is 1.70. The minimum absolute atomic E-state index is 0.117. The van der Waals surface area contributed by atoms with E-state index in [9.17, 15) is 13.6 Å². The van der Waals surface area contributed by atoms with Gasteiger partial charge in [0.25, 0.3) is 5.91 Å². The monoisotopic (exact) mass is 238 g/mol. The van der Waals surface area contributed by atoms with Crippen molar-refractivity contribution in [3.05, 3.63) is 35.4 Å². The molecule has 1 saturated heterocycles. The van der Waals surface area contributed by atoms with Crippen molar-refractivity contribution in [3.63, 3.8) is 0 Å². The molecule has 3 rings (SSSR count). The van der Waals surface area contributed by atoms with Gasteiger partial charge in [-0.1, -0.05) is 6.07 Å². The van der Waals surface area contributed by atoms with E-state index in [-0.39, 0.29) is 11.6 Å². The van der Waals surface area contributed by atoms with Crippen molar-refractivity contribution in [1.82, 2.24) is 10.6 Å². The van der Waals surface area contributed by atoms with E-state index in [1.54, 1.807) is 0 Å². The summed E-state index contributed by atoms with van der Waals surface area (Å²) in [5.74, 6) is -1.68. The lowest BCUT2D eigenvalue weighted by atomic mass is 10.2. The molecule has 3 nitrogen and oxygen atoms in total. The first-order valence-corrected chi connectivity index (χ1v) is 5.64. The lowest BCUT2D eigenvalue weighted by Crippen LogP contribution is -2.33. The van der Waals surface area contributed by atoms with Gasteiger partial charge in [-0.2, -0.15) is 0 Å². The molecule has 0 aromatic heterocycles. The number of carbonyl (C=O) groups excluding carboxylic acids is 1. The van der Waals surface area contributed by atoms with E-state index in [1.807, 2.05) is 0 Å². The van der Waals surface area contributed by atoms with Gasteiger partial charge < -0.3 is 10.6 Å². The van der Waals surface area contributed by atoms with E-state index in [1.165, 1.54) is 12.1 Å². The van der Waals surface area contributed by atoms with E-state index in [0.717, 1.165) is 19.2 Å². The Labute approximate surface area is 97.2 Å². The number of rotatable bonds is 2. The van der Waals surface area contributed by atoms with Crippen molar-refractivity contribution in [2.75, 3.05) is 13.1 Å². The molecule has 5 heteroatoms. The third-order valence-electron chi connectivity index (χ3n) is 3.59. The first-order chi connectivity index (χ1) is 8.18. The molecule has 1 aromatic carbocycles. The molecule has 1 aliphatic carbocycles. The third-order valence-corrected chi connectivity index (χ3v) is 3.59. The van der Waals surface area contributed by atoms with E-state index < -0.39 is 17.5 Å². The minimum Gasteiger partial charge on any atom is -0.349 e. The standard InChI is InChI=1S/C12H12F2N2O/c13-9-3-1-2-6(10(9)14)12(17)16-11-7-4-15-5-8(7)11/h1-3,7-8,11,15H,4-5H2,(H,16,17). The second kappa shape index (κ2) is 3.77. The van der Waals surface area contributed by atoms with E-state index in [0.29, 0.717) is 11.8 Å². The summed E-state index contributed by atoms with van der Waals surface area (Å²) in [5, 5.41) is 5.95. The predicted octanol–water partition coefficient (Wildman–Crippen LogP) is 0.912. The maximum atomic E-state index is 13.4. The number of nitrogens with one attached hydrogen (secondary N) is 2. The first-order valence-electron chi connectivity index (χ1n) is 5.64. The van der Waals surface area contributed by atoms with Crippen LogP contribution in [-0.4, -0.2) is 25.0 Å². The Morgan fingerprint density at radius 3 is 2.71 bits per heavy atom. The highest BCUT2D eigenvalue weighted by atomic mass is 19.2. The molecule has 0 spiro atoms. The summed E-state index contributed by atoms with van der Waals surface area (Å²) in [6.07, 6.45) is 0. The normalized spacial score (nSPS) is 29.9. The van der Waals surface area contributed by atoms with Crippen LogP contribution in [0, 0.1) is 23.5 Å². The topological polar surface area (TPSA) is 41.1 Å². The summed E-state index contributed by atoms with van der Waals surface area (Å²) >= 11 is 0. The van der Waals surface area contributed by atoms with E-state index >= 15 is 0 Å². The minimum atomic E-state index is -1.08. The molecule has 2 N–H and O–H groups in total. The van der Waals surface area contributed by atoms with Crippen LogP contribution in [0.25, 0.3) is 0 Å². The Morgan fingerprint density at radius 2 is 2.00 bits per heavy atom. The zero-order chi connectivity index (χ0) is 12.0. The Bertz CT molecular complexity index is 468.